The zero-order valence-electron chi connectivity index (χ0n) is 16.3. The molecule has 0 saturated heterocycles. The molecule has 1 aliphatic carbocycles. The third kappa shape index (κ3) is 3.69. The van der Waals surface area contributed by atoms with Gasteiger partial charge in [0, 0.05) is 27.9 Å². The molecule has 0 bridgehead atoms. The summed E-state index contributed by atoms with van der Waals surface area (Å²) in [5, 5.41) is 0.549. The molecule has 1 N–H and O–H groups in total. The van der Waals surface area contributed by atoms with E-state index in [9.17, 15) is 14.4 Å². The van der Waals surface area contributed by atoms with Crippen LogP contribution in [0.15, 0.2) is 24.3 Å². The summed E-state index contributed by atoms with van der Waals surface area (Å²) < 4.78 is 4.77. The van der Waals surface area contributed by atoms with Crippen molar-refractivity contribution in [1.29, 1.82) is 0 Å². The molecule has 0 spiro atoms. The summed E-state index contributed by atoms with van der Waals surface area (Å²) in [6.07, 6.45) is 1.74. The summed E-state index contributed by atoms with van der Waals surface area (Å²) in [5.41, 5.74) is 2.31. The molecular formula is C21H23ClN2O4. The number of aryl methyl sites for hydroxylation is 1. The number of amides is 1. The van der Waals surface area contributed by atoms with E-state index < -0.39 is 12.0 Å². The molecule has 1 aromatic heterocycles. The highest BCUT2D eigenvalue weighted by Crippen LogP contribution is 2.32. The van der Waals surface area contributed by atoms with Gasteiger partial charge in [-0.2, -0.15) is 0 Å². The van der Waals surface area contributed by atoms with Crippen LogP contribution < -0.4 is 0 Å². The summed E-state index contributed by atoms with van der Waals surface area (Å²) in [6.45, 7) is 5.18. The fourth-order valence-electron chi connectivity index (χ4n) is 3.51. The zero-order valence-corrected chi connectivity index (χ0v) is 17.1. The minimum absolute atomic E-state index is 0.0433. The van der Waals surface area contributed by atoms with Crippen molar-refractivity contribution in [3.05, 3.63) is 57.4 Å². The van der Waals surface area contributed by atoms with E-state index in [1.807, 2.05) is 0 Å². The van der Waals surface area contributed by atoms with Crippen LogP contribution in [0.25, 0.3) is 0 Å². The lowest BCUT2D eigenvalue weighted by atomic mass is 9.99. The van der Waals surface area contributed by atoms with Gasteiger partial charge in [0.1, 0.15) is 5.69 Å². The number of H-pyrrole nitrogens is 1. The smallest absolute Gasteiger partial charge is 0.354 e. The number of Topliss-reactive ketones (excluding diaryl/α,β-unsaturated/α-hetero) is 1. The molecule has 28 heavy (non-hydrogen) atoms. The number of esters is 1. The van der Waals surface area contributed by atoms with Crippen molar-refractivity contribution in [2.24, 2.45) is 0 Å². The van der Waals surface area contributed by atoms with E-state index in [1.54, 1.807) is 49.9 Å². The first-order valence-corrected chi connectivity index (χ1v) is 9.54. The van der Waals surface area contributed by atoms with Crippen LogP contribution in [-0.2, 0) is 4.74 Å². The summed E-state index contributed by atoms with van der Waals surface area (Å²) in [7, 11) is 1.29. The van der Waals surface area contributed by atoms with Gasteiger partial charge in [0.15, 0.2) is 5.78 Å². The van der Waals surface area contributed by atoms with Gasteiger partial charge in [0.05, 0.1) is 13.2 Å². The number of aromatic amines is 1. The van der Waals surface area contributed by atoms with E-state index in [4.69, 9.17) is 16.3 Å². The normalized spacial score (nSPS) is 14.5. The summed E-state index contributed by atoms with van der Waals surface area (Å²) in [6, 6.07) is 6.04. The average Bonchev–Trinajstić information content (AvgIpc) is 3.46. The van der Waals surface area contributed by atoms with Gasteiger partial charge in [0.25, 0.3) is 5.91 Å². The number of methoxy groups -OCH3 is 1. The molecule has 1 amide bonds. The number of carbonyl (C=O) groups excluding carboxylic acids is 3. The Hall–Kier alpha value is -2.60. The van der Waals surface area contributed by atoms with E-state index in [1.165, 1.54) is 7.11 Å². The van der Waals surface area contributed by atoms with Gasteiger partial charge in [-0.1, -0.05) is 11.6 Å². The number of hydrogen-bond donors (Lipinski definition) is 1. The maximum absolute atomic E-state index is 13.3. The van der Waals surface area contributed by atoms with Gasteiger partial charge in [0.2, 0.25) is 0 Å². The van der Waals surface area contributed by atoms with Crippen molar-refractivity contribution in [3.8, 4) is 0 Å². The fourth-order valence-corrected chi connectivity index (χ4v) is 3.64. The highest BCUT2D eigenvalue weighted by atomic mass is 35.5. The first-order valence-electron chi connectivity index (χ1n) is 9.16. The van der Waals surface area contributed by atoms with Crippen molar-refractivity contribution in [2.75, 3.05) is 7.11 Å². The van der Waals surface area contributed by atoms with Crippen LogP contribution in [0.1, 0.15) is 62.2 Å². The Bertz CT molecular complexity index is 929. The lowest BCUT2D eigenvalue weighted by Crippen LogP contribution is -2.45. The van der Waals surface area contributed by atoms with Crippen LogP contribution >= 0.6 is 11.6 Å². The van der Waals surface area contributed by atoms with Gasteiger partial charge in [-0.15, -0.1) is 0 Å². The number of carbonyl (C=O) groups is 3. The number of ether oxygens (including phenoxy) is 1. The lowest BCUT2D eigenvalue weighted by molar-refractivity contribution is 0.0591. The highest BCUT2D eigenvalue weighted by molar-refractivity contribution is 6.30. The summed E-state index contributed by atoms with van der Waals surface area (Å²) in [5.74, 6) is -0.918. The number of halogens is 1. The Morgan fingerprint density at radius 1 is 1.18 bits per heavy atom. The Labute approximate surface area is 168 Å². The van der Waals surface area contributed by atoms with Crippen LogP contribution in [0, 0.1) is 13.8 Å². The summed E-state index contributed by atoms with van der Waals surface area (Å²) in [4.78, 5) is 42.9. The molecule has 2 aromatic rings. The predicted molar refractivity (Wildman–Crippen MR) is 106 cm³/mol. The minimum atomic E-state index is -0.658. The summed E-state index contributed by atoms with van der Waals surface area (Å²) >= 11 is 5.92. The largest absolute Gasteiger partial charge is 0.464 e. The number of rotatable bonds is 6. The van der Waals surface area contributed by atoms with Crippen molar-refractivity contribution < 1.29 is 19.1 Å². The Kier molecular flexibility index (Phi) is 5.61. The highest BCUT2D eigenvalue weighted by Gasteiger charge is 2.40. The first-order chi connectivity index (χ1) is 13.3. The molecule has 0 radical (unpaired) electrons. The molecular weight excluding hydrogens is 380 g/mol. The number of benzene rings is 1. The molecule has 1 atom stereocenters. The molecule has 148 valence electrons. The zero-order chi connectivity index (χ0) is 20.6. The maximum Gasteiger partial charge on any atom is 0.354 e. The fraction of sp³-hybridized carbons (Fsp3) is 0.381. The van der Waals surface area contributed by atoms with Crippen molar-refractivity contribution in [1.82, 2.24) is 9.88 Å². The van der Waals surface area contributed by atoms with Crippen molar-refractivity contribution in [3.63, 3.8) is 0 Å². The first kappa shape index (κ1) is 20.1. The second-order valence-corrected chi connectivity index (χ2v) is 7.54. The van der Waals surface area contributed by atoms with E-state index in [0.717, 1.165) is 12.8 Å². The van der Waals surface area contributed by atoms with Crippen LogP contribution in [0.5, 0.6) is 0 Å². The molecule has 1 saturated carbocycles. The van der Waals surface area contributed by atoms with Gasteiger partial charge < -0.3 is 14.6 Å². The second kappa shape index (κ2) is 7.80. The Morgan fingerprint density at radius 3 is 2.32 bits per heavy atom. The Balaban J connectivity index is 1.92. The topological polar surface area (TPSA) is 79.5 Å². The van der Waals surface area contributed by atoms with Gasteiger partial charge in [-0.25, -0.2) is 4.79 Å². The van der Waals surface area contributed by atoms with E-state index in [2.05, 4.69) is 4.98 Å². The average molecular weight is 403 g/mol. The SMILES string of the molecule is COC(=O)c1[nH]c(C)c(C(=O)[C@@H](C)N(C(=O)c2ccc(Cl)cc2)C2CC2)c1C. The van der Waals surface area contributed by atoms with Gasteiger partial charge in [-0.05, 0) is 63.4 Å². The molecule has 1 aliphatic rings. The third-order valence-corrected chi connectivity index (χ3v) is 5.39. The number of aromatic nitrogens is 1. The molecule has 1 heterocycles. The number of nitrogens with zero attached hydrogens (tertiary/aromatic N) is 1. The molecule has 6 nitrogen and oxygen atoms in total. The van der Waals surface area contributed by atoms with Crippen molar-refractivity contribution >= 4 is 29.3 Å². The number of hydrogen-bond acceptors (Lipinski definition) is 4. The van der Waals surface area contributed by atoms with Gasteiger partial charge >= 0.3 is 5.97 Å². The van der Waals surface area contributed by atoms with Crippen LogP contribution in [0.3, 0.4) is 0 Å². The minimum Gasteiger partial charge on any atom is -0.464 e. The number of ketones is 1. The molecule has 0 aliphatic heterocycles. The van der Waals surface area contributed by atoms with Gasteiger partial charge in [-0.3, -0.25) is 9.59 Å². The maximum atomic E-state index is 13.3. The van der Waals surface area contributed by atoms with Crippen molar-refractivity contribution in [2.45, 2.75) is 45.7 Å². The standard InChI is InChI=1S/C21H23ClN2O4/c1-11-17(12(2)23-18(11)21(27)28-4)19(25)13(3)24(16-9-10-16)20(26)14-5-7-15(22)8-6-14/h5-8,13,16,23H,9-10H2,1-4H3/t13-/m1/s1. The second-order valence-electron chi connectivity index (χ2n) is 7.11. The van der Waals surface area contributed by atoms with E-state index >= 15 is 0 Å². The van der Waals surface area contributed by atoms with Crippen LogP contribution in [-0.4, -0.2) is 46.7 Å². The molecule has 3 rings (SSSR count). The quantitative estimate of drug-likeness (QED) is 0.586. The predicted octanol–water partition coefficient (Wildman–Crippen LogP) is 3.95. The lowest BCUT2D eigenvalue weighted by Gasteiger charge is -2.29. The van der Waals surface area contributed by atoms with E-state index in [-0.39, 0.29) is 23.4 Å². The molecule has 1 fully saturated rings. The molecule has 0 unspecified atom stereocenters. The Morgan fingerprint density at radius 2 is 1.79 bits per heavy atom. The molecule has 7 heteroatoms. The molecule has 1 aromatic carbocycles. The monoisotopic (exact) mass is 402 g/mol. The number of nitrogens with one attached hydrogen (secondary N) is 1. The third-order valence-electron chi connectivity index (χ3n) is 5.14. The van der Waals surface area contributed by atoms with E-state index in [0.29, 0.717) is 27.4 Å². The van der Waals surface area contributed by atoms with Crippen LogP contribution in [0.2, 0.25) is 5.02 Å². The van der Waals surface area contributed by atoms with Crippen LogP contribution in [0.4, 0.5) is 0 Å².